The Labute approximate surface area is 197 Å². The van der Waals surface area contributed by atoms with E-state index >= 15 is 0 Å². The first-order valence-electron chi connectivity index (χ1n) is 10.4. The molecule has 0 spiro atoms. The Morgan fingerprint density at radius 1 is 1.09 bits per heavy atom. The number of rotatable bonds is 9. The van der Waals surface area contributed by atoms with Gasteiger partial charge in [-0.25, -0.2) is 9.78 Å². The Balaban J connectivity index is 1.46. The van der Waals surface area contributed by atoms with Crippen LogP contribution in [0.3, 0.4) is 0 Å². The number of ether oxygens (including phenoxy) is 1. The van der Waals surface area contributed by atoms with Crippen LogP contribution in [0, 0.1) is 0 Å². The first-order chi connectivity index (χ1) is 16.3. The van der Waals surface area contributed by atoms with E-state index in [4.69, 9.17) is 9.84 Å². The number of fused-ring (bicyclic) bond motifs is 1. The zero-order valence-corrected chi connectivity index (χ0v) is 18.6. The molecule has 0 saturated carbocycles. The van der Waals surface area contributed by atoms with E-state index in [0.717, 1.165) is 33.0 Å². The fourth-order valence-electron chi connectivity index (χ4n) is 3.32. The van der Waals surface area contributed by atoms with Gasteiger partial charge in [0.1, 0.15) is 5.75 Å². The molecule has 0 unspecified atom stereocenters. The van der Waals surface area contributed by atoms with Crippen molar-refractivity contribution in [1.82, 2.24) is 9.97 Å². The van der Waals surface area contributed by atoms with Gasteiger partial charge in [-0.3, -0.25) is 4.98 Å². The normalized spacial score (nSPS) is 11.5. The lowest BCUT2D eigenvalue weighted by Crippen LogP contribution is -2.25. The zero-order chi connectivity index (χ0) is 24.1. The zero-order valence-electron chi connectivity index (χ0n) is 17.8. The molecule has 0 atom stereocenters. The van der Waals surface area contributed by atoms with Gasteiger partial charge in [-0.1, -0.05) is 35.6 Å². The third kappa shape index (κ3) is 5.82. The van der Waals surface area contributed by atoms with Crippen LogP contribution in [0.25, 0.3) is 10.2 Å². The van der Waals surface area contributed by atoms with Crippen LogP contribution < -0.4 is 9.64 Å². The number of benzene rings is 2. The van der Waals surface area contributed by atoms with Crippen molar-refractivity contribution in [2.24, 2.45) is 0 Å². The number of carboxylic acid groups (broad SMARTS) is 1. The number of alkyl halides is 3. The molecule has 0 amide bonds. The SMILES string of the molecule is O=C(O)c1cncc(OCCCN(Cc2ccc(C(F)(F)F)cc2)c2nc3ccccc3s2)c1. The van der Waals surface area contributed by atoms with E-state index in [2.05, 4.69) is 9.97 Å². The van der Waals surface area contributed by atoms with Gasteiger partial charge >= 0.3 is 12.1 Å². The van der Waals surface area contributed by atoms with E-state index in [1.54, 1.807) is 0 Å². The van der Waals surface area contributed by atoms with E-state index in [-0.39, 0.29) is 5.56 Å². The lowest BCUT2D eigenvalue weighted by Gasteiger charge is -2.22. The second-order valence-corrected chi connectivity index (χ2v) is 8.51. The predicted octanol–water partition coefficient (Wildman–Crippen LogP) is 5.88. The summed E-state index contributed by atoms with van der Waals surface area (Å²) in [6, 6.07) is 14.2. The lowest BCUT2D eigenvalue weighted by atomic mass is 10.1. The molecule has 0 bridgehead atoms. The Hall–Kier alpha value is -3.66. The molecule has 1 N–H and O–H groups in total. The van der Waals surface area contributed by atoms with Gasteiger partial charge in [-0.15, -0.1) is 0 Å². The number of halogens is 3. The Bertz CT molecular complexity index is 1240. The number of carboxylic acids is 1. The Morgan fingerprint density at radius 2 is 1.85 bits per heavy atom. The smallest absolute Gasteiger partial charge is 0.416 e. The van der Waals surface area contributed by atoms with Gasteiger partial charge in [0.25, 0.3) is 0 Å². The minimum atomic E-state index is -4.38. The van der Waals surface area contributed by atoms with Gasteiger partial charge in [0.2, 0.25) is 0 Å². The van der Waals surface area contributed by atoms with Crippen LogP contribution in [0.15, 0.2) is 67.0 Å². The summed E-state index contributed by atoms with van der Waals surface area (Å²) >= 11 is 1.51. The minimum absolute atomic E-state index is 0.0379. The summed E-state index contributed by atoms with van der Waals surface area (Å²) < 4.78 is 45.4. The molecule has 2 aromatic heterocycles. The number of aromatic carboxylic acids is 1. The minimum Gasteiger partial charge on any atom is -0.492 e. The highest BCUT2D eigenvalue weighted by molar-refractivity contribution is 7.22. The first-order valence-corrected chi connectivity index (χ1v) is 11.2. The van der Waals surface area contributed by atoms with E-state index in [0.29, 0.717) is 31.9 Å². The van der Waals surface area contributed by atoms with Crippen molar-refractivity contribution in [1.29, 1.82) is 0 Å². The molecular formula is C24H20F3N3O3S. The van der Waals surface area contributed by atoms with Crippen LogP contribution in [-0.2, 0) is 12.7 Å². The molecule has 0 aliphatic rings. The molecule has 34 heavy (non-hydrogen) atoms. The third-order valence-corrected chi connectivity index (χ3v) is 6.11. The summed E-state index contributed by atoms with van der Waals surface area (Å²) in [5.41, 5.74) is 0.934. The number of para-hydroxylation sites is 1. The van der Waals surface area contributed by atoms with E-state index in [1.807, 2.05) is 29.2 Å². The highest BCUT2D eigenvalue weighted by Gasteiger charge is 2.30. The van der Waals surface area contributed by atoms with Gasteiger partial charge in [-0.05, 0) is 42.3 Å². The molecule has 4 rings (SSSR count). The highest BCUT2D eigenvalue weighted by atomic mass is 32.1. The maximum Gasteiger partial charge on any atom is 0.416 e. The largest absolute Gasteiger partial charge is 0.492 e. The van der Waals surface area contributed by atoms with Crippen molar-refractivity contribution in [2.45, 2.75) is 19.1 Å². The number of thiazole rings is 1. The fraction of sp³-hybridized carbons (Fsp3) is 0.208. The molecule has 2 aromatic carbocycles. The van der Waals surface area contributed by atoms with Crippen molar-refractivity contribution in [3.8, 4) is 5.75 Å². The average Bonchev–Trinajstić information content (AvgIpc) is 3.25. The van der Waals surface area contributed by atoms with Crippen LogP contribution >= 0.6 is 11.3 Å². The molecule has 0 saturated heterocycles. The van der Waals surface area contributed by atoms with Crippen LogP contribution in [0.1, 0.15) is 27.9 Å². The summed E-state index contributed by atoms with van der Waals surface area (Å²) in [4.78, 5) is 21.6. The predicted molar refractivity (Wildman–Crippen MR) is 123 cm³/mol. The van der Waals surface area contributed by atoms with Crippen molar-refractivity contribution >= 4 is 32.7 Å². The number of aromatic nitrogens is 2. The second kappa shape index (κ2) is 10.1. The number of carbonyl (C=O) groups is 1. The van der Waals surface area contributed by atoms with Crippen LogP contribution in [-0.4, -0.2) is 34.2 Å². The molecule has 0 fully saturated rings. The Morgan fingerprint density at radius 3 is 2.56 bits per heavy atom. The third-order valence-electron chi connectivity index (χ3n) is 5.01. The van der Waals surface area contributed by atoms with Gasteiger partial charge < -0.3 is 14.7 Å². The van der Waals surface area contributed by atoms with E-state index < -0.39 is 17.7 Å². The molecule has 0 radical (unpaired) electrons. The summed E-state index contributed by atoms with van der Waals surface area (Å²) in [7, 11) is 0. The van der Waals surface area contributed by atoms with Crippen molar-refractivity contribution in [3.63, 3.8) is 0 Å². The lowest BCUT2D eigenvalue weighted by molar-refractivity contribution is -0.137. The molecule has 2 heterocycles. The summed E-state index contributed by atoms with van der Waals surface area (Å²) in [6.45, 7) is 1.22. The second-order valence-electron chi connectivity index (χ2n) is 7.50. The maximum atomic E-state index is 12.9. The van der Waals surface area contributed by atoms with Gasteiger partial charge in [0, 0.05) is 19.3 Å². The number of hydrogen-bond acceptors (Lipinski definition) is 6. The van der Waals surface area contributed by atoms with Crippen molar-refractivity contribution in [2.75, 3.05) is 18.1 Å². The molecule has 0 aliphatic heterocycles. The van der Waals surface area contributed by atoms with Gasteiger partial charge in [0.05, 0.1) is 34.1 Å². The number of hydrogen-bond donors (Lipinski definition) is 1. The fourth-order valence-corrected chi connectivity index (χ4v) is 4.31. The monoisotopic (exact) mass is 487 g/mol. The molecule has 176 valence electrons. The van der Waals surface area contributed by atoms with Gasteiger partial charge in [0.15, 0.2) is 5.13 Å². The Kier molecular flexibility index (Phi) is 6.97. The number of pyridine rings is 1. The molecular weight excluding hydrogens is 467 g/mol. The molecule has 6 nitrogen and oxygen atoms in total. The average molecular weight is 488 g/mol. The van der Waals surface area contributed by atoms with Crippen molar-refractivity contribution in [3.05, 3.63) is 83.7 Å². The van der Waals surface area contributed by atoms with Crippen LogP contribution in [0.4, 0.5) is 18.3 Å². The highest BCUT2D eigenvalue weighted by Crippen LogP contribution is 2.31. The maximum absolute atomic E-state index is 12.9. The molecule has 10 heteroatoms. The van der Waals surface area contributed by atoms with Gasteiger partial charge in [-0.2, -0.15) is 13.2 Å². The summed E-state index contributed by atoms with van der Waals surface area (Å²) in [6.07, 6.45) is -1.11. The molecule has 0 aliphatic carbocycles. The van der Waals surface area contributed by atoms with Crippen molar-refractivity contribution < 1.29 is 27.8 Å². The van der Waals surface area contributed by atoms with E-state index in [9.17, 15) is 18.0 Å². The first kappa shape index (κ1) is 23.5. The van der Waals surface area contributed by atoms with Crippen LogP contribution in [0.5, 0.6) is 5.75 Å². The summed E-state index contributed by atoms with van der Waals surface area (Å²) in [5.74, 6) is -0.731. The molecule has 4 aromatic rings. The van der Waals surface area contributed by atoms with E-state index in [1.165, 1.54) is 41.9 Å². The number of anilines is 1. The van der Waals surface area contributed by atoms with Crippen LogP contribution in [0.2, 0.25) is 0 Å². The topological polar surface area (TPSA) is 75.6 Å². The number of nitrogens with zero attached hydrogens (tertiary/aromatic N) is 3. The quantitative estimate of drug-likeness (QED) is 0.297. The standard InChI is InChI=1S/C24H20F3N3O3S/c25-24(26,27)18-8-6-16(7-9-18)15-30(23-29-20-4-1-2-5-21(20)34-23)10-3-11-33-19-12-17(22(31)32)13-28-14-19/h1-2,4-9,12-14H,3,10-11,15H2,(H,31,32). The summed E-state index contributed by atoms with van der Waals surface area (Å²) in [5, 5.41) is 9.83.